The van der Waals surface area contributed by atoms with Crippen molar-refractivity contribution in [3.05, 3.63) is 65.7 Å². The molecule has 0 aliphatic heterocycles. The molecule has 2 aromatic carbocycles. The number of hydrogen-bond donors (Lipinski definition) is 3. The van der Waals surface area contributed by atoms with Gasteiger partial charge in [0.2, 0.25) is 5.91 Å². The molecule has 6 nitrogen and oxygen atoms in total. The van der Waals surface area contributed by atoms with Crippen LogP contribution in [0.1, 0.15) is 17.5 Å². The van der Waals surface area contributed by atoms with Gasteiger partial charge in [0.05, 0.1) is 0 Å². The third-order valence-electron chi connectivity index (χ3n) is 3.75. The van der Waals surface area contributed by atoms with Gasteiger partial charge in [-0.05, 0) is 23.3 Å². The number of halogens is 3. The summed E-state index contributed by atoms with van der Waals surface area (Å²) in [7, 11) is 0. The van der Waals surface area contributed by atoms with Crippen molar-refractivity contribution < 1.29 is 27.5 Å². The molecule has 0 unspecified atom stereocenters. The molecule has 0 saturated heterocycles. The second-order valence-electron chi connectivity index (χ2n) is 6.17. The van der Waals surface area contributed by atoms with Gasteiger partial charge in [0.15, 0.2) is 6.61 Å². The number of carbonyl (C=O) groups is 2. The predicted octanol–water partition coefficient (Wildman–Crippen LogP) is 3.13. The highest BCUT2D eigenvalue weighted by atomic mass is 19.4. The van der Waals surface area contributed by atoms with E-state index in [0.29, 0.717) is 12.1 Å². The summed E-state index contributed by atoms with van der Waals surface area (Å²) in [6.45, 7) is -0.564. The molecule has 0 heterocycles. The molecule has 0 bridgehead atoms. The molecule has 0 aromatic heterocycles. The van der Waals surface area contributed by atoms with E-state index in [1.807, 2.05) is 30.3 Å². The first-order chi connectivity index (χ1) is 13.8. The van der Waals surface area contributed by atoms with E-state index in [-0.39, 0.29) is 37.2 Å². The van der Waals surface area contributed by atoms with Crippen molar-refractivity contribution in [2.45, 2.75) is 25.7 Å². The second kappa shape index (κ2) is 10.9. The van der Waals surface area contributed by atoms with E-state index in [9.17, 15) is 22.8 Å². The van der Waals surface area contributed by atoms with Crippen LogP contribution in [-0.4, -0.2) is 31.3 Å². The van der Waals surface area contributed by atoms with Crippen LogP contribution < -0.4 is 20.7 Å². The zero-order valence-electron chi connectivity index (χ0n) is 15.6. The lowest BCUT2D eigenvalue weighted by Crippen LogP contribution is -2.37. The lowest BCUT2D eigenvalue weighted by atomic mass is 10.2. The van der Waals surface area contributed by atoms with Gasteiger partial charge in [0.1, 0.15) is 5.75 Å². The van der Waals surface area contributed by atoms with Crippen LogP contribution in [0.4, 0.5) is 18.0 Å². The van der Waals surface area contributed by atoms with E-state index in [2.05, 4.69) is 20.7 Å². The van der Waals surface area contributed by atoms with Crippen LogP contribution in [-0.2, 0) is 17.9 Å². The van der Waals surface area contributed by atoms with Crippen molar-refractivity contribution in [2.75, 3.05) is 13.2 Å². The summed E-state index contributed by atoms with van der Waals surface area (Å²) in [6, 6.07) is 15.0. The first-order valence-corrected chi connectivity index (χ1v) is 8.92. The normalized spacial score (nSPS) is 10.9. The van der Waals surface area contributed by atoms with Gasteiger partial charge in [-0.1, -0.05) is 42.5 Å². The molecule has 0 aliphatic carbocycles. The number of urea groups is 1. The number of hydrogen-bond acceptors (Lipinski definition) is 3. The lowest BCUT2D eigenvalue weighted by Gasteiger charge is -2.10. The molecule has 0 spiro atoms. The molecule has 3 N–H and O–H groups in total. The molecule has 0 atom stereocenters. The van der Waals surface area contributed by atoms with E-state index < -0.39 is 12.8 Å². The van der Waals surface area contributed by atoms with Crippen molar-refractivity contribution in [1.82, 2.24) is 16.0 Å². The number of rotatable bonds is 9. The van der Waals surface area contributed by atoms with E-state index in [1.165, 1.54) is 12.1 Å². The Morgan fingerprint density at radius 3 is 2.10 bits per heavy atom. The summed E-state index contributed by atoms with van der Waals surface area (Å²) in [5.74, 6) is -0.158. The van der Waals surface area contributed by atoms with Crippen LogP contribution in [0.5, 0.6) is 5.75 Å². The van der Waals surface area contributed by atoms with E-state index >= 15 is 0 Å². The summed E-state index contributed by atoms with van der Waals surface area (Å²) in [4.78, 5) is 23.5. The lowest BCUT2D eigenvalue weighted by molar-refractivity contribution is -0.153. The smallest absolute Gasteiger partial charge is 0.422 e. The Morgan fingerprint density at radius 2 is 1.45 bits per heavy atom. The average molecular weight is 409 g/mol. The molecule has 0 radical (unpaired) electrons. The monoisotopic (exact) mass is 409 g/mol. The third-order valence-corrected chi connectivity index (χ3v) is 3.75. The molecule has 9 heteroatoms. The van der Waals surface area contributed by atoms with Crippen LogP contribution in [0.2, 0.25) is 0 Å². The molecule has 0 saturated carbocycles. The maximum atomic E-state index is 12.1. The summed E-state index contributed by atoms with van der Waals surface area (Å²) >= 11 is 0. The third kappa shape index (κ3) is 9.50. The largest absolute Gasteiger partial charge is 0.484 e. The predicted molar refractivity (Wildman–Crippen MR) is 101 cm³/mol. The number of nitrogens with one attached hydrogen (secondary N) is 3. The van der Waals surface area contributed by atoms with Crippen molar-refractivity contribution in [2.24, 2.45) is 0 Å². The van der Waals surface area contributed by atoms with Crippen LogP contribution in [0.25, 0.3) is 0 Å². The Morgan fingerprint density at radius 1 is 0.828 bits per heavy atom. The van der Waals surface area contributed by atoms with Crippen molar-refractivity contribution in [3.63, 3.8) is 0 Å². The minimum atomic E-state index is -4.39. The Labute approximate surface area is 166 Å². The van der Waals surface area contributed by atoms with Gasteiger partial charge >= 0.3 is 12.2 Å². The maximum Gasteiger partial charge on any atom is 0.422 e. The van der Waals surface area contributed by atoms with E-state index in [1.54, 1.807) is 12.1 Å². The minimum absolute atomic E-state index is 0.100. The fourth-order valence-electron chi connectivity index (χ4n) is 2.29. The average Bonchev–Trinajstić information content (AvgIpc) is 2.70. The molecule has 29 heavy (non-hydrogen) atoms. The van der Waals surface area contributed by atoms with Crippen LogP contribution in [0, 0.1) is 0 Å². The molecule has 0 fully saturated rings. The van der Waals surface area contributed by atoms with Crippen molar-refractivity contribution in [1.29, 1.82) is 0 Å². The van der Waals surface area contributed by atoms with Crippen molar-refractivity contribution in [3.8, 4) is 5.75 Å². The summed E-state index contributed by atoms with van der Waals surface area (Å²) in [5.41, 5.74) is 1.68. The number of benzene rings is 2. The number of carbonyl (C=O) groups excluding carboxylic acids is 2. The van der Waals surface area contributed by atoms with E-state index in [0.717, 1.165) is 5.56 Å². The van der Waals surface area contributed by atoms with Gasteiger partial charge < -0.3 is 20.7 Å². The van der Waals surface area contributed by atoms with Gasteiger partial charge in [-0.3, -0.25) is 4.79 Å². The molecule has 3 amide bonds. The van der Waals surface area contributed by atoms with Crippen LogP contribution in [0.15, 0.2) is 54.6 Å². The van der Waals surface area contributed by atoms with Gasteiger partial charge in [-0.2, -0.15) is 13.2 Å². The summed E-state index contributed by atoms with van der Waals surface area (Å²) in [6.07, 6.45) is -4.29. The summed E-state index contributed by atoms with van der Waals surface area (Å²) < 4.78 is 40.9. The topological polar surface area (TPSA) is 79.5 Å². The molecule has 156 valence electrons. The summed E-state index contributed by atoms with van der Waals surface area (Å²) in [5, 5.41) is 7.96. The van der Waals surface area contributed by atoms with Crippen molar-refractivity contribution >= 4 is 11.9 Å². The molecular weight excluding hydrogens is 387 g/mol. The molecule has 2 rings (SSSR count). The molecule has 2 aromatic rings. The Kier molecular flexibility index (Phi) is 8.32. The highest BCUT2D eigenvalue weighted by Gasteiger charge is 2.28. The van der Waals surface area contributed by atoms with Crippen LogP contribution >= 0.6 is 0 Å². The van der Waals surface area contributed by atoms with Crippen LogP contribution in [0.3, 0.4) is 0 Å². The van der Waals surface area contributed by atoms with E-state index in [4.69, 9.17) is 0 Å². The number of ether oxygens (including phenoxy) is 1. The highest BCUT2D eigenvalue weighted by Crippen LogP contribution is 2.18. The maximum absolute atomic E-state index is 12.1. The van der Waals surface area contributed by atoms with Gasteiger partial charge in [-0.15, -0.1) is 0 Å². The Bertz CT molecular complexity index is 781. The SMILES string of the molecule is O=C(CCNC(=O)NCc1ccccc1)NCc1ccc(OCC(F)(F)F)cc1. The zero-order chi connectivity index (χ0) is 21.1. The highest BCUT2D eigenvalue weighted by molar-refractivity contribution is 5.78. The fraction of sp³-hybridized carbons (Fsp3) is 0.300. The first-order valence-electron chi connectivity index (χ1n) is 8.92. The second-order valence-corrected chi connectivity index (χ2v) is 6.17. The van der Waals surface area contributed by atoms with Gasteiger partial charge in [0.25, 0.3) is 0 Å². The fourth-order valence-corrected chi connectivity index (χ4v) is 2.29. The first kappa shape index (κ1) is 22.1. The minimum Gasteiger partial charge on any atom is -0.484 e. The number of amides is 3. The Balaban J connectivity index is 1.60. The molecular formula is C20H22F3N3O3. The molecule has 0 aliphatic rings. The van der Waals surface area contributed by atoms with Gasteiger partial charge in [-0.25, -0.2) is 4.79 Å². The zero-order valence-corrected chi connectivity index (χ0v) is 15.6. The van der Waals surface area contributed by atoms with Gasteiger partial charge in [0, 0.05) is 26.1 Å². The number of alkyl halides is 3. The quantitative estimate of drug-likeness (QED) is 0.595. The Hall–Kier alpha value is -3.23. The standard InChI is InChI=1S/C20H22F3N3O3/c21-20(22,23)14-29-17-8-6-16(7-9-17)12-25-18(27)10-11-24-19(28)26-13-15-4-2-1-3-5-15/h1-9H,10-14H2,(H,25,27)(H2,24,26,28).